The van der Waals surface area contributed by atoms with Crippen molar-refractivity contribution in [2.75, 3.05) is 11.9 Å². The Morgan fingerprint density at radius 3 is 2.61 bits per heavy atom. The number of nitrogens with zero attached hydrogens (tertiary/aromatic N) is 1. The van der Waals surface area contributed by atoms with Crippen LogP contribution in [0, 0.1) is 6.92 Å². The molecule has 0 bridgehead atoms. The van der Waals surface area contributed by atoms with E-state index in [-0.39, 0.29) is 23.8 Å². The fourth-order valence-electron chi connectivity index (χ4n) is 2.77. The molecule has 0 aliphatic heterocycles. The zero-order valence-corrected chi connectivity index (χ0v) is 20.6. The number of anilines is 1. The smallest absolute Gasteiger partial charge is 0.341 e. The predicted octanol–water partition coefficient (Wildman–Crippen LogP) is 6.47. The minimum atomic E-state index is -0.554. The molecule has 1 aromatic heterocycles. The fourth-order valence-corrected chi connectivity index (χ4v) is 5.07. The van der Waals surface area contributed by atoms with E-state index in [1.165, 1.54) is 6.21 Å². The Labute approximate surface area is 200 Å². The predicted molar refractivity (Wildman–Crippen MR) is 130 cm³/mol. The third-order valence-electron chi connectivity index (χ3n) is 4.22. The van der Waals surface area contributed by atoms with Crippen LogP contribution in [0.3, 0.4) is 0 Å². The van der Waals surface area contributed by atoms with Gasteiger partial charge in [0, 0.05) is 21.9 Å². The molecule has 0 saturated heterocycles. The molecule has 0 fully saturated rings. The number of ether oxygens (including phenoxy) is 1. The van der Waals surface area contributed by atoms with Gasteiger partial charge in [-0.2, -0.15) is 0 Å². The zero-order valence-electron chi connectivity index (χ0n) is 16.6. The molecule has 6 nitrogen and oxygen atoms in total. The number of halogens is 2. The van der Waals surface area contributed by atoms with Gasteiger partial charge in [-0.05, 0) is 59.6 Å². The minimum Gasteiger partial charge on any atom is -0.506 e. The van der Waals surface area contributed by atoms with Crippen LogP contribution in [0.15, 0.2) is 56.4 Å². The van der Waals surface area contributed by atoms with E-state index in [2.05, 4.69) is 42.2 Å². The Morgan fingerprint density at radius 1 is 1.23 bits per heavy atom. The first-order valence-corrected chi connectivity index (χ1v) is 11.6. The van der Waals surface area contributed by atoms with Gasteiger partial charge in [-0.25, -0.2) is 9.79 Å². The summed E-state index contributed by atoms with van der Waals surface area (Å²) < 4.78 is 6.42. The van der Waals surface area contributed by atoms with E-state index in [1.54, 1.807) is 38.1 Å². The highest BCUT2D eigenvalue weighted by Gasteiger charge is 2.25. The van der Waals surface area contributed by atoms with Crippen LogP contribution in [0.25, 0.3) is 0 Å². The summed E-state index contributed by atoms with van der Waals surface area (Å²) in [6.07, 6.45) is 1.44. The van der Waals surface area contributed by atoms with Crippen molar-refractivity contribution in [3.63, 3.8) is 0 Å². The van der Waals surface area contributed by atoms with Gasteiger partial charge in [-0.3, -0.25) is 4.79 Å². The Kier molecular flexibility index (Phi) is 7.64. The first-order chi connectivity index (χ1) is 14.8. The third kappa shape index (κ3) is 5.41. The minimum absolute atomic E-state index is 0.0138. The fraction of sp³-hybridized carbons (Fsp3) is 0.136. The van der Waals surface area contributed by atoms with Crippen LogP contribution in [-0.2, 0) is 4.74 Å². The van der Waals surface area contributed by atoms with Gasteiger partial charge >= 0.3 is 5.97 Å². The summed E-state index contributed by atoms with van der Waals surface area (Å²) in [5, 5.41) is 13.4. The molecule has 0 aliphatic rings. The van der Waals surface area contributed by atoms with E-state index in [9.17, 15) is 14.7 Å². The van der Waals surface area contributed by atoms with E-state index in [0.717, 1.165) is 15.8 Å². The number of nitrogens with one attached hydrogen (secondary N) is 1. The Bertz CT molecular complexity index is 1160. The number of carbonyl (C=O) groups is 2. The van der Waals surface area contributed by atoms with Gasteiger partial charge in [0.15, 0.2) is 0 Å². The van der Waals surface area contributed by atoms with Crippen molar-refractivity contribution in [1.29, 1.82) is 0 Å². The number of benzene rings is 2. The normalized spacial score (nSPS) is 11.0. The highest BCUT2D eigenvalue weighted by atomic mass is 79.9. The van der Waals surface area contributed by atoms with Gasteiger partial charge in [0.05, 0.1) is 16.0 Å². The lowest BCUT2D eigenvalue weighted by atomic mass is 10.1. The Morgan fingerprint density at radius 2 is 1.94 bits per heavy atom. The van der Waals surface area contributed by atoms with E-state index in [1.807, 2.05) is 18.2 Å². The molecule has 0 aliphatic carbocycles. The molecule has 0 atom stereocenters. The maximum Gasteiger partial charge on any atom is 0.341 e. The number of phenols is 1. The number of rotatable bonds is 6. The lowest BCUT2D eigenvalue weighted by Gasteiger charge is -2.05. The van der Waals surface area contributed by atoms with Crippen LogP contribution in [0.5, 0.6) is 5.75 Å². The highest BCUT2D eigenvalue weighted by Crippen LogP contribution is 2.37. The van der Waals surface area contributed by atoms with Crippen LogP contribution >= 0.6 is 43.2 Å². The van der Waals surface area contributed by atoms with E-state index in [4.69, 9.17) is 4.74 Å². The maximum atomic E-state index is 12.8. The molecule has 9 heteroatoms. The van der Waals surface area contributed by atoms with Crippen molar-refractivity contribution in [1.82, 2.24) is 0 Å². The molecule has 1 heterocycles. The molecule has 0 unspecified atom stereocenters. The van der Waals surface area contributed by atoms with Crippen LogP contribution in [-0.4, -0.2) is 29.8 Å². The van der Waals surface area contributed by atoms with E-state index < -0.39 is 5.97 Å². The molecule has 0 saturated carbocycles. The van der Waals surface area contributed by atoms with Gasteiger partial charge < -0.3 is 15.2 Å². The van der Waals surface area contributed by atoms with Crippen molar-refractivity contribution >= 4 is 72.0 Å². The first kappa shape index (κ1) is 23.2. The Hall–Kier alpha value is -2.49. The van der Waals surface area contributed by atoms with Gasteiger partial charge in [-0.1, -0.05) is 34.1 Å². The average molecular weight is 566 g/mol. The molecule has 160 valence electrons. The second-order valence-corrected chi connectivity index (χ2v) is 9.13. The van der Waals surface area contributed by atoms with Crippen molar-refractivity contribution < 1.29 is 19.4 Å². The SMILES string of the molecule is CCOC(=O)c1c(N=Cc2cc(Br)cc(Br)c2O)sc(C(=O)Nc2ccccc2)c1C. The monoisotopic (exact) mass is 564 g/mol. The number of phenolic OH excluding ortho intramolecular Hbond substituents is 1. The lowest BCUT2D eigenvalue weighted by Crippen LogP contribution is -2.12. The summed E-state index contributed by atoms with van der Waals surface area (Å²) in [5.74, 6) is -0.879. The number of para-hydroxylation sites is 1. The number of aromatic hydroxyl groups is 1. The van der Waals surface area contributed by atoms with Gasteiger partial charge in [-0.15, -0.1) is 11.3 Å². The summed E-state index contributed by atoms with van der Waals surface area (Å²) in [5.41, 5.74) is 1.81. The van der Waals surface area contributed by atoms with Crippen LogP contribution < -0.4 is 5.32 Å². The Balaban J connectivity index is 2.02. The molecule has 0 spiro atoms. The average Bonchev–Trinajstić information content (AvgIpc) is 3.07. The molecule has 0 radical (unpaired) electrons. The second-order valence-electron chi connectivity index (χ2n) is 6.36. The molecule has 2 N–H and O–H groups in total. The molecule has 3 rings (SSSR count). The number of carbonyl (C=O) groups excluding carboxylic acids is 2. The standard InChI is InChI=1S/C22H18Br2N2O4S/c1-3-30-22(29)17-12(2)19(20(28)26-15-7-5-4-6-8-15)31-21(17)25-11-13-9-14(23)10-16(24)18(13)27/h4-11,27H,3H2,1-2H3,(H,26,28). The van der Waals surface area contributed by atoms with Crippen molar-refractivity contribution in [3.05, 3.63) is 73.0 Å². The third-order valence-corrected chi connectivity index (χ3v) is 6.49. The number of hydrogen-bond acceptors (Lipinski definition) is 6. The molecule has 31 heavy (non-hydrogen) atoms. The summed E-state index contributed by atoms with van der Waals surface area (Å²) in [4.78, 5) is 30.2. The molecule has 1 amide bonds. The topological polar surface area (TPSA) is 88.0 Å². The summed E-state index contributed by atoms with van der Waals surface area (Å²) in [6.45, 7) is 3.60. The summed E-state index contributed by atoms with van der Waals surface area (Å²) in [6, 6.07) is 12.4. The second kappa shape index (κ2) is 10.2. The molecular weight excluding hydrogens is 548 g/mol. The van der Waals surface area contributed by atoms with Crippen LogP contribution in [0.2, 0.25) is 0 Å². The maximum absolute atomic E-state index is 12.8. The number of hydrogen-bond donors (Lipinski definition) is 2. The lowest BCUT2D eigenvalue weighted by molar-refractivity contribution is 0.0527. The quantitative estimate of drug-likeness (QED) is 0.265. The first-order valence-electron chi connectivity index (χ1n) is 9.20. The number of thiophene rings is 1. The van der Waals surface area contributed by atoms with Crippen molar-refractivity contribution in [3.8, 4) is 5.75 Å². The summed E-state index contributed by atoms with van der Waals surface area (Å²) in [7, 11) is 0. The summed E-state index contributed by atoms with van der Waals surface area (Å²) >= 11 is 7.74. The molecule has 2 aromatic carbocycles. The van der Waals surface area contributed by atoms with Crippen LogP contribution in [0.1, 0.15) is 38.1 Å². The zero-order chi connectivity index (χ0) is 22.5. The van der Waals surface area contributed by atoms with Crippen molar-refractivity contribution in [2.24, 2.45) is 4.99 Å². The van der Waals surface area contributed by atoms with Gasteiger partial charge in [0.25, 0.3) is 5.91 Å². The number of amides is 1. The van der Waals surface area contributed by atoms with Crippen molar-refractivity contribution in [2.45, 2.75) is 13.8 Å². The molecular formula is C22H18Br2N2O4S. The van der Waals surface area contributed by atoms with Gasteiger partial charge in [0.1, 0.15) is 16.3 Å². The highest BCUT2D eigenvalue weighted by molar-refractivity contribution is 9.11. The number of esters is 1. The number of aliphatic imine (C=N–C) groups is 1. The van der Waals surface area contributed by atoms with Gasteiger partial charge in [0.2, 0.25) is 0 Å². The largest absolute Gasteiger partial charge is 0.506 e. The van der Waals surface area contributed by atoms with E-state index in [0.29, 0.717) is 31.2 Å². The van der Waals surface area contributed by atoms with Crippen LogP contribution in [0.4, 0.5) is 10.7 Å². The molecule has 3 aromatic rings. The van der Waals surface area contributed by atoms with E-state index >= 15 is 0 Å².